The van der Waals surface area contributed by atoms with E-state index in [1.165, 1.54) is 20.1 Å². The molecule has 0 aliphatic carbocycles. The average molecular weight is 313 g/mol. The minimum atomic E-state index is -4.44. The van der Waals surface area contributed by atoms with E-state index in [-0.39, 0.29) is 11.3 Å². The van der Waals surface area contributed by atoms with Gasteiger partial charge in [-0.05, 0) is 32.0 Å². The van der Waals surface area contributed by atoms with Crippen LogP contribution in [-0.2, 0) is 15.7 Å². The predicted molar refractivity (Wildman–Crippen MR) is 73.6 cm³/mol. The van der Waals surface area contributed by atoms with Crippen LogP contribution in [0.4, 0.5) is 13.2 Å². The van der Waals surface area contributed by atoms with Gasteiger partial charge in [0.2, 0.25) is 0 Å². The Morgan fingerprint density at radius 3 is 2.55 bits per heavy atom. The van der Waals surface area contributed by atoms with E-state index in [0.717, 1.165) is 12.1 Å². The summed E-state index contributed by atoms with van der Waals surface area (Å²) >= 11 is 0. The number of hydrogen-bond acceptors (Lipinski definition) is 4. The summed E-state index contributed by atoms with van der Waals surface area (Å²) in [7, 11) is 1.23. The van der Waals surface area contributed by atoms with E-state index in [1.54, 1.807) is 13.0 Å². The van der Waals surface area contributed by atoms with Gasteiger partial charge in [-0.15, -0.1) is 0 Å². The van der Waals surface area contributed by atoms with Crippen molar-refractivity contribution < 1.29 is 27.4 Å². The summed E-state index contributed by atoms with van der Waals surface area (Å²) in [4.78, 5) is 15.5. The van der Waals surface area contributed by atoms with Gasteiger partial charge in [0.05, 0.1) is 18.2 Å². The van der Waals surface area contributed by atoms with E-state index in [4.69, 9.17) is 4.74 Å². The number of esters is 1. The van der Waals surface area contributed by atoms with E-state index in [9.17, 15) is 18.0 Å². The van der Waals surface area contributed by atoms with Gasteiger partial charge >= 0.3 is 12.1 Å². The summed E-state index contributed by atoms with van der Waals surface area (Å²) in [6.07, 6.45) is -5.32. The van der Waals surface area contributed by atoms with Crippen LogP contribution in [0.5, 0.6) is 5.75 Å². The van der Waals surface area contributed by atoms with Crippen molar-refractivity contribution in [2.45, 2.75) is 26.1 Å². The third-order valence-corrected chi connectivity index (χ3v) is 3.06. The molecule has 2 aromatic rings. The van der Waals surface area contributed by atoms with Crippen molar-refractivity contribution in [2.24, 2.45) is 0 Å². The highest BCUT2D eigenvalue weighted by molar-refractivity contribution is 5.86. The van der Waals surface area contributed by atoms with Gasteiger partial charge in [0, 0.05) is 17.1 Å². The molecule has 22 heavy (non-hydrogen) atoms. The number of benzene rings is 1. The maximum atomic E-state index is 12.8. The molecule has 7 heteroatoms. The molecule has 0 aliphatic rings. The first-order valence-electron chi connectivity index (χ1n) is 6.45. The molecule has 2 rings (SSSR count). The highest BCUT2D eigenvalue weighted by Crippen LogP contribution is 2.34. The van der Waals surface area contributed by atoms with Crippen LogP contribution in [0.3, 0.4) is 0 Å². The molecular weight excluding hydrogens is 299 g/mol. The summed E-state index contributed by atoms with van der Waals surface area (Å²) in [5.41, 5.74) is -0.147. The van der Waals surface area contributed by atoms with Gasteiger partial charge in [0.25, 0.3) is 0 Å². The topological polar surface area (TPSA) is 48.4 Å². The number of carbonyl (C=O) groups is 1. The number of aryl methyl sites for hydroxylation is 1. The Hall–Kier alpha value is -2.31. The molecule has 0 spiro atoms. The minimum Gasteiger partial charge on any atom is -0.478 e. The van der Waals surface area contributed by atoms with Gasteiger partial charge < -0.3 is 9.47 Å². The standard InChI is InChI=1S/C15H14F3NO3/c1-8-6-13(22-9(2)14(20)21-3)11-5-4-10(15(16,17)18)7-12(11)19-8/h4-7,9H,1-3H3. The third kappa shape index (κ3) is 3.29. The molecule has 0 saturated carbocycles. The molecule has 0 radical (unpaired) electrons. The third-order valence-electron chi connectivity index (χ3n) is 3.06. The number of fused-ring (bicyclic) bond motifs is 1. The molecular formula is C15H14F3NO3. The maximum Gasteiger partial charge on any atom is 0.416 e. The van der Waals surface area contributed by atoms with Gasteiger partial charge in [-0.3, -0.25) is 4.98 Å². The number of nitrogens with zero attached hydrogens (tertiary/aromatic N) is 1. The number of hydrogen-bond donors (Lipinski definition) is 0. The van der Waals surface area contributed by atoms with E-state index < -0.39 is 23.8 Å². The predicted octanol–water partition coefficient (Wildman–Crippen LogP) is 3.50. The first-order chi connectivity index (χ1) is 10.2. The van der Waals surface area contributed by atoms with E-state index in [1.807, 2.05) is 0 Å². The lowest BCUT2D eigenvalue weighted by atomic mass is 10.1. The molecule has 0 saturated heterocycles. The van der Waals surface area contributed by atoms with Crippen LogP contribution in [-0.4, -0.2) is 24.2 Å². The van der Waals surface area contributed by atoms with Crippen molar-refractivity contribution in [1.29, 1.82) is 0 Å². The van der Waals surface area contributed by atoms with Crippen LogP contribution in [0, 0.1) is 6.92 Å². The Morgan fingerprint density at radius 1 is 1.27 bits per heavy atom. The number of methoxy groups -OCH3 is 1. The van der Waals surface area contributed by atoms with Gasteiger partial charge in [0.15, 0.2) is 6.10 Å². The number of rotatable bonds is 3. The van der Waals surface area contributed by atoms with Crippen molar-refractivity contribution >= 4 is 16.9 Å². The monoisotopic (exact) mass is 313 g/mol. The van der Waals surface area contributed by atoms with Crippen LogP contribution in [0.2, 0.25) is 0 Å². The molecule has 4 nitrogen and oxygen atoms in total. The van der Waals surface area contributed by atoms with Crippen molar-refractivity contribution in [3.63, 3.8) is 0 Å². The molecule has 1 heterocycles. The molecule has 1 aromatic carbocycles. The van der Waals surface area contributed by atoms with E-state index in [0.29, 0.717) is 11.1 Å². The fraction of sp³-hybridized carbons (Fsp3) is 0.333. The Bertz CT molecular complexity index is 713. The second kappa shape index (κ2) is 5.82. The molecule has 0 fully saturated rings. The number of halogens is 3. The van der Waals surface area contributed by atoms with Crippen LogP contribution < -0.4 is 4.74 Å². The number of alkyl halides is 3. The molecule has 0 N–H and O–H groups in total. The normalized spacial score (nSPS) is 13.0. The molecule has 118 valence electrons. The number of ether oxygens (including phenoxy) is 2. The average Bonchev–Trinajstić information content (AvgIpc) is 2.44. The van der Waals surface area contributed by atoms with Crippen molar-refractivity contribution in [3.8, 4) is 5.75 Å². The number of pyridine rings is 1. The highest BCUT2D eigenvalue weighted by atomic mass is 19.4. The largest absolute Gasteiger partial charge is 0.478 e. The Labute approximate surface area is 124 Å². The summed E-state index contributed by atoms with van der Waals surface area (Å²) in [6, 6.07) is 4.76. The van der Waals surface area contributed by atoms with Gasteiger partial charge in [-0.25, -0.2) is 4.79 Å². The molecule has 0 aliphatic heterocycles. The van der Waals surface area contributed by atoms with E-state index in [2.05, 4.69) is 9.72 Å². The highest BCUT2D eigenvalue weighted by Gasteiger charge is 2.31. The summed E-state index contributed by atoms with van der Waals surface area (Å²) in [6.45, 7) is 3.13. The lowest BCUT2D eigenvalue weighted by Gasteiger charge is -2.15. The Balaban J connectivity index is 2.49. The second-order valence-corrected chi connectivity index (χ2v) is 4.77. The SMILES string of the molecule is COC(=O)C(C)Oc1cc(C)nc2cc(C(F)(F)F)ccc12. The van der Waals surface area contributed by atoms with Gasteiger partial charge in [-0.1, -0.05) is 0 Å². The fourth-order valence-electron chi connectivity index (χ4n) is 2.00. The van der Waals surface area contributed by atoms with Crippen molar-refractivity contribution in [3.05, 3.63) is 35.5 Å². The smallest absolute Gasteiger partial charge is 0.416 e. The van der Waals surface area contributed by atoms with Crippen LogP contribution in [0.25, 0.3) is 10.9 Å². The number of carbonyl (C=O) groups excluding carboxylic acids is 1. The Morgan fingerprint density at radius 2 is 1.95 bits per heavy atom. The molecule has 1 unspecified atom stereocenters. The summed E-state index contributed by atoms with van der Waals surface area (Å²) < 4.78 is 48.3. The van der Waals surface area contributed by atoms with E-state index >= 15 is 0 Å². The molecule has 1 atom stereocenters. The zero-order valence-electron chi connectivity index (χ0n) is 12.2. The summed E-state index contributed by atoms with van der Waals surface area (Å²) in [5, 5.41) is 0.398. The molecule has 0 bridgehead atoms. The molecule has 0 amide bonds. The second-order valence-electron chi connectivity index (χ2n) is 4.77. The quantitative estimate of drug-likeness (QED) is 0.814. The first-order valence-corrected chi connectivity index (χ1v) is 6.45. The van der Waals surface area contributed by atoms with Crippen LogP contribution >= 0.6 is 0 Å². The lowest BCUT2D eigenvalue weighted by molar-refractivity contribution is -0.147. The van der Waals surface area contributed by atoms with Gasteiger partial charge in [-0.2, -0.15) is 13.2 Å². The minimum absolute atomic E-state index is 0.155. The summed E-state index contributed by atoms with van der Waals surface area (Å²) in [5.74, 6) is -0.288. The van der Waals surface area contributed by atoms with Crippen molar-refractivity contribution in [1.82, 2.24) is 4.98 Å². The fourth-order valence-corrected chi connectivity index (χ4v) is 2.00. The lowest BCUT2D eigenvalue weighted by Crippen LogP contribution is -2.25. The van der Waals surface area contributed by atoms with Crippen molar-refractivity contribution in [2.75, 3.05) is 7.11 Å². The zero-order chi connectivity index (χ0) is 16.5. The van der Waals surface area contributed by atoms with Crippen LogP contribution in [0.1, 0.15) is 18.2 Å². The zero-order valence-corrected chi connectivity index (χ0v) is 12.2. The maximum absolute atomic E-state index is 12.8. The Kier molecular flexibility index (Phi) is 4.25. The van der Waals surface area contributed by atoms with Gasteiger partial charge in [0.1, 0.15) is 5.75 Å². The molecule has 1 aromatic heterocycles. The number of aromatic nitrogens is 1. The van der Waals surface area contributed by atoms with Crippen LogP contribution in [0.15, 0.2) is 24.3 Å². The first kappa shape index (κ1) is 16.1.